The smallest absolute Gasteiger partial charge is 0.243 e. The molecule has 12 heavy (non-hydrogen) atoms. The third-order valence-electron chi connectivity index (χ3n) is 1.72. The van der Waals surface area contributed by atoms with Crippen molar-refractivity contribution in [1.82, 2.24) is 5.32 Å². The second-order valence-corrected chi connectivity index (χ2v) is 3.07. The minimum Gasteiger partial charge on any atom is -0.388 e. The van der Waals surface area contributed by atoms with Gasteiger partial charge in [0, 0.05) is 6.54 Å². The van der Waals surface area contributed by atoms with Crippen molar-refractivity contribution >= 4 is 5.91 Å². The van der Waals surface area contributed by atoms with Gasteiger partial charge in [0.15, 0.2) is 0 Å². The first-order chi connectivity index (χ1) is 5.52. The van der Waals surface area contributed by atoms with Crippen LogP contribution in [0.15, 0.2) is 12.2 Å². The van der Waals surface area contributed by atoms with Gasteiger partial charge in [-0.2, -0.15) is 0 Å². The van der Waals surface area contributed by atoms with Gasteiger partial charge in [-0.15, -0.1) is 0 Å². The second kappa shape index (κ2) is 4.93. The van der Waals surface area contributed by atoms with Crippen LogP contribution in [0, 0.1) is 0 Å². The Kier molecular flexibility index (Phi) is 4.59. The summed E-state index contributed by atoms with van der Waals surface area (Å²) in [7, 11) is 0. The van der Waals surface area contributed by atoms with Gasteiger partial charge in [-0.1, -0.05) is 13.0 Å². The zero-order valence-corrected chi connectivity index (χ0v) is 7.92. The molecular weight excluding hydrogens is 154 g/mol. The molecule has 70 valence electrons. The number of nitrogens with one attached hydrogen (secondary N) is 1. The van der Waals surface area contributed by atoms with E-state index >= 15 is 0 Å². The number of hydrogen-bond donors (Lipinski definition) is 2. The van der Waals surface area contributed by atoms with Crippen molar-refractivity contribution in [2.45, 2.75) is 32.8 Å². The Balaban J connectivity index is 3.75. The van der Waals surface area contributed by atoms with Crippen LogP contribution in [0.3, 0.4) is 0 Å². The molecule has 3 nitrogen and oxygen atoms in total. The molecule has 2 N–H and O–H groups in total. The molecule has 3 heteroatoms. The van der Waals surface area contributed by atoms with Gasteiger partial charge < -0.3 is 10.4 Å². The van der Waals surface area contributed by atoms with Gasteiger partial charge in [-0.05, 0) is 26.3 Å². The molecular formula is C9H17NO2. The highest BCUT2D eigenvalue weighted by Crippen LogP contribution is 2.05. The first-order valence-corrected chi connectivity index (χ1v) is 4.14. The van der Waals surface area contributed by atoms with Gasteiger partial charge in [0.2, 0.25) is 5.91 Å². The van der Waals surface area contributed by atoms with E-state index in [1.54, 1.807) is 19.9 Å². The van der Waals surface area contributed by atoms with Crippen LogP contribution in [0.4, 0.5) is 0 Å². The fourth-order valence-electron chi connectivity index (χ4n) is 0.613. The molecule has 0 bridgehead atoms. The van der Waals surface area contributed by atoms with Crippen LogP contribution in [0.5, 0.6) is 0 Å². The number of carbonyl (C=O) groups is 1. The average molecular weight is 171 g/mol. The van der Waals surface area contributed by atoms with Gasteiger partial charge in [0.1, 0.15) is 0 Å². The Morgan fingerprint density at radius 1 is 1.67 bits per heavy atom. The van der Waals surface area contributed by atoms with Gasteiger partial charge in [0.05, 0.1) is 5.60 Å². The zero-order chi connectivity index (χ0) is 9.61. The highest BCUT2D eigenvalue weighted by atomic mass is 16.3. The summed E-state index contributed by atoms with van der Waals surface area (Å²) in [5, 5.41) is 12.1. The summed E-state index contributed by atoms with van der Waals surface area (Å²) >= 11 is 0. The normalized spacial score (nSPS) is 16.0. The van der Waals surface area contributed by atoms with E-state index in [-0.39, 0.29) is 5.91 Å². The van der Waals surface area contributed by atoms with Crippen LogP contribution < -0.4 is 5.32 Å². The van der Waals surface area contributed by atoms with E-state index in [0.29, 0.717) is 13.0 Å². The Hall–Kier alpha value is -0.830. The van der Waals surface area contributed by atoms with Crippen LogP contribution in [0.25, 0.3) is 0 Å². The molecule has 1 atom stereocenters. The quantitative estimate of drug-likeness (QED) is 0.616. The van der Waals surface area contributed by atoms with Crippen LogP contribution in [0.2, 0.25) is 0 Å². The molecule has 0 aromatic heterocycles. The van der Waals surface area contributed by atoms with Crippen molar-refractivity contribution in [3.05, 3.63) is 12.2 Å². The summed E-state index contributed by atoms with van der Waals surface area (Å²) in [6.45, 7) is 5.65. The molecule has 0 saturated carbocycles. The molecule has 1 unspecified atom stereocenters. The zero-order valence-electron chi connectivity index (χ0n) is 7.92. The number of rotatable bonds is 4. The Morgan fingerprint density at radius 2 is 2.25 bits per heavy atom. The number of hydrogen-bond acceptors (Lipinski definition) is 2. The lowest BCUT2D eigenvalue weighted by Crippen LogP contribution is -2.39. The number of carbonyl (C=O) groups excluding carboxylic acids is 1. The molecule has 0 spiro atoms. The van der Waals surface area contributed by atoms with Crippen LogP contribution in [-0.2, 0) is 4.79 Å². The summed E-state index contributed by atoms with van der Waals surface area (Å²) in [4.78, 5) is 10.9. The highest BCUT2D eigenvalue weighted by molar-refractivity contribution is 5.87. The molecule has 0 aliphatic rings. The lowest BCUT2D eigenvalue weighted by Gasteiger charge is -2.20. The summed E-state index contributed by atoms with van der Waals surface area (Å²) in [6, 6.07) is 0. The summed E-state index contributed by atoms with van der Waals surface area (Å²) < 4.78 is 0. The third-order valence-corrected chi connectivity index (χ3v) is 1.72. The summed E-state index contributed by atoms with van der Waals surface area (Å²) in [5.74, 6) is -0.161. The lowest BCUT2D eigenvalue weighted by molar-refractivity contribution is -0.117. The van der Waals surface area contributed by atoms with E-state index < -0.39 is 5.60 Å². The first-order valence-electron chi connectivity index (χ1n) is 4.14. The Bertz CT molecular complexity index is 173. The molecule has 0 aromatic carbocycles. The van der Waals surface area contributed by atoms with Crippen molar-refractivity contribution in [3.63, 3.8) is 0 Å². The predicted molar refractivity (Wildman–Crippen MR) is 48.7 cm³/mol. The SMILES string of the molecule is CC=CC(=O)NCC(C)(O)CC. The molecule has 0 aliphatic heterocycles. The van der Waals surface area contributed by atoms with Crippen molar-refractivity contribution in [2.75, 3.05) is 6.54 Å². The van der Waals surface area contributed by atoms with Gasteiger partial charge in [-0.3, -0.25) is 4.79 Å². The number of amides is 1. The lowest BCUT2D eigenvalue weighted by atomic mass is 10.0. The number of aliphatic hydroxyl groups is 1. The second-order valence-electron chi connectivity index (χ2n) is 3.07. The van der Waals surface area contributed by atoms with Crippen molar-refractivity contribution in [2.24, 2.45) is 0 Å². The third kappa shape index (κ3) is 4.91. The van der Waals surface area contributed by atoms with E-state index in [1.807, 2.05) is 6.92 Å². The minimum atomic E-state index is -0.794. The first kappa shape index (κ1) is 11.2. The molecule has 0 aromatic rings. The van der Waals surface area contributed by atoms with Crippen LogP contribution >= 0.6 is 0 Å². The average Bonchev–Trinajstić information content (AvgIpc) is 2.02. The topological polar surface area (TPSA) is 49.3 Å². The number of allylic oxidation sites excluding steroid dienone is 1. The molecule has 0 aliphatic carbocycles. The molecule has 0 saturated heterocycles. The fraction of sp³-hybridized carbons (Fsp3) is 0.667. The minimum absolute atomic E-state index is 0.161. The summed E-state index contributed by atoms with van der Waals surface area (Å²) in [5.41, 5.74) is -0.794. The van der Waals surface area contributed by atoms with Gasteiger partial charge in [-0.25, -0.2) is 0 Å². The maximum Gasteiger partial charge on any atom is 0.243 e. The van der Waals surface area contributed by atoms with E-state index in [9.17, 15) is 9.90 Å². The Labute approximate surface area is 73.5 Å². The van der Waals surface area contributed by atoms with Crippen molar-refractivity contribution < 1.29 is 9.90 Å². The van der Waals surface area contributed by atoms with Gasteiger partial charge in [0.25, 0.3) is 0 Å². The molecule has 0 radical (unpaired) electrons. The molecule has 0 fully saturated rings. The van der Waals surface area contributed by atoms with Gasteiger partial charge >= 0.3 is 0 Å². The summed E-state index contributed by atoms with van der Waals surface area (Å²) in [6.07, 6.45) is 3.73. The molecule has 1 amide bonds. The fourth-order valence-corrected chi connectivity index (χ4v) is 0.613. The monoisotopic (exact) mass is 171 g/mol. The highest BCUT2D eigenvalue weighted by Gasteiger charge is 2.17. The maximum absolute atomic E-state index is 10.9. The van der Waals surface area contributed by atoms with Crippen molar-refractivity contribution in [3.8, 4) is 0 Å². The van der Waals surface area contributed by atoms with Crippen molar-refractivity contribution in [1.29, 1.82) is 0 Å². The predicted octanol–water partition coefficient (Wildman–Crippen LogP) is 0.840. The molecule has 0 heterocycles. The maximum atomic E-state index is 10.9. The van der Waals surface area contributed by atoms with E-state index in [4.69, 9.17) is 0 Å². The van der Waals surface area contributed by atoms with Crippen LogP contribution in [-0.4, -0.2) is 23.2 Å². The van der Waals surface area contributed by atoms with Crippen LogP contribution in [0.1, 0.15) is 27.2 Å². The standard InChI is InChI=1S/C9H17NO2/c1-4-6-8(11)10-7-9(3,12)5-2/h4,6,12H,5,7H2,1-3H3,(H,10,11). The Morgan fingerprint density at radius 3 is 2.67 bits per heavy atom. The van der Waals surface area contributed by atoms with E-state index in [2.05, 4.69) is 5.32 Å². The van der Waals surface area contributed by atoms with E-state index in [0.717, 1.165) is 0 Å². The molecule has 0 rings (SSSR count). The largest absolute Gasteiger partial charge is 0.388 e. The van der Waals surface area contributed by atoms with E-state index in [1.165, 1.54) is 6.08 Å².